The average molecular weight is 599 g/mol. The number of fused-ring (bicyclic) bond motifs is 1. The topological polar surface area (TPSA) is 89.9 Å². The van der Waals surface area contributed by atoms with Crippen LogP contribution in [0.15, 0.2) is 84.9 Å². The van der Waals surface area contributed by atoms with Gasteiger partial charge < -0.3 is 20.4 Å². The molecule has 4 aromatic rings. The number of carbonyl (C=O) groups excluding carboxylic acids is 2. The van der Waals surface area contributed by atoms with Crippen molar-refractivity contribution in [3.8, 4) is 11.1 Å². The first kappa shape index (κ1) is 29.2. The maximum absolute atomic E-state index is 15.0. The second-order valence-electron chi connectivity index (χ2n) is 9.82. The van der Waals surface area contributed by atoms with E-state index in [1.165, 1.54) is 72.8 Å². The highest BCUT2D eigenvalue weighted by molar-refractivity contribution is 6.30. The van der Waals surface area contributed by atoms with Crippen LogP contribution in [0.4, 0.5) is 28.9 Å². The first-order chi connectivity index (χ1) is 19.9. The zero-order chi connectivity index (χ0) is 30.2. The molecule has 5 rings (SSSR count). The molecule has 1 atom stereocenters. The maximum atomic E-state index is 15.0. The minimum absolute atomic E-state index is 0.00102. The van der Waals surface area contributed by atoms with E-state index < -0.39 is 54.5 Å². The summed E-state index contributed by atoms with van der Waals surface area (Å²) in [5.41, 5.74) is -2.15. The molecule has 1 heterocycles. The van der Waals surface area contributed by atoms with Gasteiger partial charge in [-0.05, 0) is 77.9 Å². The zero-order valence-electron chi connectivity index (χ0n) is 21.8. The minimum atomic E-state index is -3.77. The molecule has 2 amide bonds. The number of hydrogen-bond donors (Lipinski definition) is 3. The van der Waals surface area contributed by atoms with E-state index in [1.807, 2.05) is 0 Å². The Kier molecular flexibility index (Phi) is 7.80. The number of anilines is 2. The number of carbonyl (C=O) groups is 2. The number of rotatable bonds is 5. The Bertz CT molecular complexity index is 1670. The SMILES string of the molecule is O=C(Nc1ccc(C(=O)N2CCC(F)(F)[C@](O)(CO)c3cc(Cl)ccc32)cc1)c1cc(F)ccc1-c1ccc(F)cc1. The van der Waals surface area contributed by atoms with E-state index in [0.717, 1.165) is 17.0 Å². The number of alkyl halides is 2. The smallest absolute Gasteiger partial charge is 0.284 e. The average Bonchev–Trinajstić information content (AvgIpc) is 3.05. The number of amides is 2. The summed E-state index contributed by atoms with van der Waals surface area (Å²) in [6.07, 6.45) is -0.930. The molecule has 0 aliphatic carbocycles. The van der Waals surface area contributed by atoms with Crippen LogP contribution in [0.5, 0.6) is 0 Å². The van der Waals surface area contributed by atoms with Gasteiger partial charge in [0, 0.05) is 34.8 Å². The van der Waals surface area contributed by atoms with Crippen molar-refractivity contribution >= 4 is 34.8 Å². The van der Waals surface area contributed by atoms with Gasteiger partial charge in [0.05, 0.1) is 17.9 Å². The predicted octanol–water partition coefficient (Wildman–Crippen LogP) is 6.40. The molecular weight excluding hydrogens is 576 g/mol. The molecule has 0 saturated carbocycles. The van der Waals surface area contributed by atoms with E-state index in [1.54, 1.807) is 0 Å². The summed E-state index contributed by atoms with van der Waals surface area (Å²) in [4.78, 5) is 27.6. The number of hydrogen-bond acceptors (Lipinski definition) is 4. The van der Waals surface area contributed by atoms with Crippen molar-refractivity contribution in [1.82, 2.24) is 0 Å². The summed E-state index contributed by atoms with van der Waals surface area (Å²) in [6, 6.07) is 18.4. The summed E-state index contributed by atoms with van der Waals surface area (Å²) in [5.74, 6) is -6.21. The van der Waals surface area contributed by atoms with E-state index in [9.17, 15) is 37.4 Å². The van der Waals surface area contributed by atoms with E-state index in [-0.39, 0.29) is 33.1 Å². The summed E-state index contributed by atoms with van der Waals surface area (Å²) in [5, 5.41) is 23.2. The molecule has 216 valence electrons. The Balaban J connectivity index is 1.41. The van der Waals surface area contributed by atoms with Crippen LogP contribution in [-0.2, 0) is 5.60 Å². The lowest BCUT2D eigenvalue weighted by Gasteiger charge is -2.33. The number of halogens is 5. The van der Waals surface area contributed by atoms with Crippen LogP contribution in [0.1, 0.15) is 32.7 Å². The Morgan fingerprint density at radius 2 is 1.57 bits per heavy atom. The fraction of sp³-hybridized carbons (Fsp3) is 0.161. The molecule has 11 heteroatoms. The maximum Gasteiger partial charge on any atom is 0.284 e. The third kappa shape index (κ3) is 5.36. The molecule has 0 aromatic heterocycles. The number of benzene rings is 4. The van der Waals surface area contributed by atoms with Gasteiger partial charge in [-0.1, -0.05) is 29.8 Å². The molecule has 0 unspecified atom stereocenters. The Morgan fingerprint density at radius 1 is 0.905 bits per heavy atom. The minimum Gasteiger partial charge on any atom is -0.393 e. The van der Waals surface area contributed by atoms with Gasteiger partial charge in [0.25, 0.3) is 17.7 Å². The fourth-order valence-electron chi connectivity index (χ4n) is 4.90. The quantitative estimate of drug-likeness (QED) is 0.232. The molecule has 6 nitrogen and oxygen atoms in total. The van der Waals surface area contributed by atoms with Gasteiger partial charge in [0.1, 0.15) is 11.6 Å². The number of nitrogens with zero attached hydrogens (tertiary/aromatic N) is 1. The van der Waals surface area contributed by atoms with Crippen LogP contribution in [0.3, 0.4) is 0 Å². The predicted molar refractivity (Wildman–Crippen MR) is 150 cm³/mol. The van der Waals surface area contributed by atoms with Crippen molar-refractivity contribution in [1.29, 1.82) is 0 Å². The molecule has 4 aromatic carbocycles. The number of nitrogens with one attached hydrogen (secondary N) is 1. The lowest BCUT2D eigenvalue weighted by molar-refractivity contribution is -0.205. The summed E-state index contributed by atoms with van der Waals surface area (Å²) < 4.78 is 57.4. The number of aliphatic hydroxyl groups excluding tert-OH is 1. The van der Waals surface area contributed by atoms with Crippen molar-refractivity contribution in [3.05, 3.63) is 118 Å². The standard InChI is InChI=1S/C31H23ClF4N2O4/c32-20-5-12-27-26(15-20)30(42,17-39)31(35,36)13-14-38(27)29(41)19-3-9-23(10-4-19)37-28(40)25-16-22(34)8-11-24(25)18-1-6-21(33)7-2-18/h1-12,15-16,39,42H,13-14,17H2,(H,37,40)/t30-/m0/s1. The molecule has 0 radical (unpaired) electrons. The Morgan fingerprint density at radius 3 is 2.24 bits per heavy atom. The van der Waals surface area contributed by atoms with E-state index in [0.29, 0.717) is 11.1 Å². The third-order valence-corrected chi connectivity index (χ3v) is 7.43. The van der Waals surface area contributed by atoms with E-state index in [4.69, 9.17) is 11.6 Å². The lowest BCUT2D eigenvalue weighted by atomic mass is 9.86. The number of aliphatic hydroxyl groups is 2. The second-order valence-corrected chi connectivity index (χ2v) is 10.3. The Hall–Kier alpha value is -4.25. The monoisotopic (exact) mass is 598 g/mol. The van der Waals surface area contributed by atoms with Gasteiger partial charge in [-0.3, -0.25) is 9.59 Å². The fourth-order valence-corrected chi connectivity index (χ4v) is 5.07. The van der Waals surface area contributed by atoms with E-state index >= 15 is 0 Å². The third-order valence-electron chi connectivity index (χ3n) is 7.19. The normalized spacial score (nSPS) is 17.7. The summed E-state index contributed by atoms with van der Waals surface area (Å²) in [7, 11) is 0. The van der Waals surface area contributed by atoms with Crippen molar-refractivity contribution < 1.29 is 37.4 Å². The molecule has 1 aliphatic heterocycles. The first-order valence-electron chi connectivity index (χ1n) is 12.7. The van der Waals surface area contributed by atoms with Gasteiger partial charge >= 0.3 is 0 Å². The molecule has 42 heavy (non-hydrogen) atoms. The summed E-state index contributed by atoms with van der Waals surface area (Å²) >= 11 is 6.00. The van der Waals surface area contributed by atoms with Crippen molar-refractivity contribution in [2.45, 2.75) is 17.9 Å². The van der Waals surface area contributed by atoms with Crippen molar-refractivity contribution in [2.75, 3.05) is 23.4 Å². The van der Waals surface area contributed by atoms with Crippen LogP contribution in [-0.4, -0.2) is 41.1 Å². The van der Waals surface area contributed by atoms with Crippen LogP contribution in [0, 0.1) is 11.6 Å². The molecule has 0 bridgehead atoms. The van der Waals surface area contributed by atoms with Crippen LogP contribution >= 0.6 is 11.6 Å². The van der Waals surface area contributed by atoms with Gasteiger partial charge in [0.2, 0.25) is 0 Å². The van der Waals surface area contributed by atoms with Crippen molar-refractivity contribution in [2.24, 2.45) is 0 Å². The van der Waals surface area contributed by atoms with E-state index in [2.05, 4.69) is 5.32 Å². The largest absolute Gasteiger partial charge is 0.393 e. The van der Waals surface area contributed by atoms with Crippen LogP contribution in [0.2, 0.25) is 5.02 Å². The molecule has 3 N–H and O–H groups in total. The highest BCUT2D eigenvalue weighted by Crippen LogP contribution is 2.47. The Labute approximate surface area is 242 Å². The highest BCUT2D eigenvalue weighted by Gasteiger charge is 2.56. The van der Waals surface area contributed by atoms with Crippen LogP contribution in [0.25, 0.3) is 11.1 Å². The van der Waals surface area contributed by atoms with Crippen LogP contribution < -0.4 is 10.2 Å². The summed E-state index contributed by atoms with van der Waals surface area (Å²) in [6.45, 7) is -1.76. The molecule has 0 fully saturated rings. The first-order valence-corrected chi connectivity index (χ1v) is 13.1. The van der Waals surface area contributed by atoms with Crippen molar-refractivity contribution in [3.63, 3.8) is 0 Å². The lowest BCUT2D eigenvalue weighted by Crippen LogP contribution is -2.48. The zero-order valence-corrected chi connectivity index (χ0v) is 22.5. The van der Waals surface area contributed by atoms with Gasteiger partial charge in [0.15, 0.2) is 5.60 Å². The molecule has 0 spiro atoms. The van der Waals surface area contributed by atoms with Gasteiger partial charge in [-0.2, -0.15) is 0 Å². The molecular formula is C31H23ClF4N2O4. The molecule has 1 aliphatic rings. The second kappa shape index (κ2) is 11.2. The van der Waals surface area contributed by atoms with Gasteiger partial charge in [-0.25, -0.2) is 17.6 Å². The highest BCUT2D eigenvalue weighted by atomic mass is 35.5. The molecule has 0 saturated heterocycles. The van der Waals surface area contributed by atoms with Gasteiger partial charge in [-0.15, -0.1) is 0 Å².